The molecule has 3 aliphatic heterocycles. The van der Waals surface area contributed by atoms with Crippen LogP contribution < -0.4 is 10.1 Å². The summed E-state index contributed by atoms with van der Waals surface area (Å²) in [6.45, 7) is 2.44. The lowest BCUT2D eigenvalue weighted by Crippen LogP contribution is -2.58. The van der Waals surface area contributed by atoms with E-state index in [2.05, 4.69) is 20.5 Å². The number of halogens is 3. The molecule has 0 radical (unpaired) electrons. The van der Waals surface area contributed by atoms with E-state index in [0.29, 0.717) is 55.4 Å². The lowest BCUT2D eigenvalue weighted by atomic mass is 10.0. The molecule has 3 amide bonds. The number of likely N-dealkylation sites (tertiary alicyclic amines) is 1. The summed E-state index contributed by atoms with van der Waals surface area (Å²) in [6.07, 6.45) is 3.95. The van der Waals surface area contributed by atoms with Gasteiger partial charge in [0.2, 0.25) is 5.91 Å². The Kier molecular flexibility index (Phi) is 7.88. The molecular weight excluding hydrogens is 569 g/mol. The van der Waals surface area contributed by atoms with Crippen LogP contribution in [0, 0.1) is 17.5 Å². The van der Waals surface area contributed by atoms with Gasteiger partial charge in [0, 0.05) is 44.9 Å². The number of hydrazone groups is 1. The van der Waals surface area contributed by atoms with Crippen molar-refractivity contribution in [1.82, 2.24) is 29.6 Å². The highest BCUT2D eigenvalue weighted by molar-refractivity contribution is 5.83. The van der Waals surface area contributed by atoms with Crippen LogP contribution in [0.15, 0.2) is 41.8 Å². The molecule has 6 rings (SSSR count). The van der Waals surface area contributed by atoms with Crippen molar-refractivity contribution in [2.75, 3.05) is 51.3 Å². The van der Waals surface area contributed by atoms with Crippen LogP contribution in [0.4, 0.5) is 23.7 Å². The Morgan fingerprint density at radius 2 is 1.79 bits per heavy atom. The first-order valence-electron chi connectivity index (χ1n) is 13.8. The van der Waals surface area contributed by atoms with E-state index in [4.69, 9.17) is 9.47 Å². The van der Waals surface area contributed by atoms with Crippen molar-refractivity contribution in [2.24, 2.45) is 12.1 Å². The smallest absolute Gasteiger partial charge is 0.341 e. The first-order valence-corrected chi connectivity index (χ1v) is 13.8. The number of nitrogens with one attached hydrogen (secondary N) is 1. The zero-order valence-corrected chi connectivity index (χ0v) is 23.3. The van der Waals surface area contributed by atoms with E-state index in [-0.39, 0.29) is 31.3 Å². The van der Waals surface area contributed by atoms with E-state index < -0.39 is 35.6 Å². The predicted octanol–water partition coefficient (Wildman–Crippen LogP) is 2.79. The van der Waals surface area contributed by atoms with Crippen molar-refractivity contribution in [3.63, 3.8) is 0 Å². The molecule has 1 aromatic carbocycles. The summed E-state index contributed by atoms with van der Waals surface area (Å²) < 4.78 is 55.0. The summed E-state index contributed by atoms with van der Waals surface area (Å²) in [6, 6.07) is 3.50. The Morgan fingerprint density at radius 1 is 1.05 bits per heavy atom. The van der Waals surface area contributed by atoms with Gasteiger partial charge in [0.05, 0.1) is 62.7 Å². The van der Waals surface area contributed by atoms with Gasteiger partial charge in [-0.1, -0.05) is 0 Å². The molecule has 1 N–H and O–H groups in total. The fourth-order valence-electron chi connectivity index (χ4n) is 5.24. The SMILES string of the molecule is Cn1ncc(NCC(=O)N2CCOCC2)c1-c1cc(OC2CN(C(=O)N3N=CC[C@H]3c3cc(F)cc(F)c3)C2)c(F)cn1. The number of aromatic nitrogens is 3. The predicted molar refractivity (Wildman–Crippen MR) is 148 cm³/mol. The molecule has 15 heteroatoms. The minimum absolute atomic E-state index is 0.0469. The van der Waals surface area contributed by atoms with Gasteiger partial charge in [-0.2, -0.15) is 10.2 Å². The third-order valence-corrected chi connectivity index (χ3v) is 7.50. The summed E-state index contributed by atoms with van der Waals surface area (Å²) in [7, 11) is 1.71. The molecule has 3 aliphatic rings. The van der Waals surface area contributed by atoms with Crippen LogP contribution in [0.25, 0.3) is 11.4 Å². The lowest BCUT2D eigenvalue weighted by Gasteiger charge is -2.41. The molecule has 1 atom stereocenters. The van der Waals surface area contributed by atoms with Gasteiger partial charge in [-0.3, -0.25) is 14.5 Å². The zero-order valence-electron chi connectivity index (χ0n) is 23.3. The van der Waals surface area contributed by atoms with Gasteiger partial charge in [-0.05, 0) is 17.7 Å². The van der Waals surface area contributed by atoms with Crippen LogP contribution in [0.2, 0.25) is 0 Å². The number of pyridine rings is 1. The average molecular weight is 599 g/mol. The van der Waals surface area contributed by atoms with Crippen LogP contribution in [-0.4, -0.2) is 99.8 Å². The van der Waals surface area contributed by atoms with Crippen LogP contribution in [0.1, 0.15) is 18.0 Å². The van der Waals surface area contributed by atoms with Gasteiger partial charge in [0.1, 0.15) is 23.4 Å². The van der Waals surface area contributed by atoms with Crippen LogP contribution in [0.5, 0.6) is 5.75 Å². The number of benzene rings is 1. The fraction of sp³-hybridized carbons (Fsp3) is 0.393. The van der Waals surface area contributed by atoms with Crippen molar-refractivity contribution in [1.29, 1.82) is 0 Å². The molecule has 0 spiro atoms. The number of urea groups is 1. The Balaban J connectivity index is 1.09. The largest absolute Gasteiger partial charge is 0.483 e. The van der Waals surface area contributed by atoms with E-state index in [1.54, 1.807) is 22.8 Å². The molecule has 2 fully saturated rings. The summed E-state index contributed by atoms with van der Waals surface area (Å²) in [5, 5.41) is 12.7. The third kappa shape index (κ3) is 5.98. The van der Waals surface area contributed by atoms with E-state index in [9.17, 15) is 22.8 Å². The summed E-state index contributed by atoms with van der Waals surface area (Å²) in [5.74, 6) is -2.27. The zero-order chi connectivity index (χ0) is 30.1. The standard InChI is InChI=1S/C28H29F3N8O4/c1-36-27(23(13-35-36)33-14-26(40)37-4-6-42-7-5-37)22-11-25(21(31)12-32-22)43-20-15-38(16-20)28(41)39-24(2-3-34-39)17-8-18(29)10-19(30)9-17/h3,8-13,20,24,33H,2,4-7,14-16H2,1H3/t24-/m0/s1. The van der Waals surface area contributed by atoms with Crippen molar-refractivity contribution < 1.29 is 32.2 Å². The first kappa shape index (κ1) is 28.5. The monoisotopic (exact) mass is 598 g/mol. The summed E-state index contributed by atoms with van der Waals surface area (Å²) in [4.78, 5) is 33.1. The minimum atomic E-state index is -0.735. The number of rotatable bonds is 7. The van der Waals surface area contributed by atoms with Gasteiger partial charge >= 0.3 is 6.03 Å². The van der Waals surface area contributed by atoms with Crippen molar-refractivity contribution in [3.05, 3.63) is 59.7 Å². The molecule has 43 heavy (non-hydrogen) atoms. The maximum Gasteiger partial charge on any atom is 0.341 e. The molecule has 3 aromatic rings. The second-order valence-electron chi connectivity index (χ2n) is 10.4. The average Bonchev–Trinajstić information content (AvgIpc) is 3.61. The van der Waals surface area contributed by atoms with E-state index in [1.165, 1.54) is 34.3 Å². The van der Waals surface area contributed by atoms with Crippen molar-refractivity contribution in [2.45, 2.75) is 18.6 Å². The van der Waals surface area contributed by atoms with Crippen LogP contribution in [-0.2, 0) is 16.6 Å². The highest BCUT2D eigenvalue weighted by Crippen LogP contribution is 2.33. The second kappa shape index (κ2) is 11.9. The maximum atomic E-state index is 14.7. The molecule has 0 bridgehead atoms. The van der Waals surface area contributed by atoms with Crippen LogP contribution in [0.3, 0.4) is 0 Å². The van der Waals surface area contributed by atoms with E-state index in [0.717, 1.165) is 12.3 Å². The molecule has 0 saturated carbocycles. The van der Waals surface area contributed by atoms with E-state index >= 15 is 0 Å². The van der Waals surface area contributed by atoms with Gasteiger partial charge < -0.3 is 24.6 Å². The Hall–Kier alpha value is -4.66. The topological polar surface area (TPSA) is 117 Å². The van der Waals surface area contributed by atoms with Crippen LogP contribution >= 0.6 is 0 Å². The molecule has 0 aliphatic carbocycles. The highest BCUT2D eigenvalue weighted by Gasteiger charge is 2.39. The van der Waals surface area contributed by atoms with Gasteiger partial charge in [0.25, 0.3) is 0 Å². The number of anilines is 1. The number of carbonyl (C=O) groups is 2. The second-order valence-corrected chi connectivity index (χ2v) is 10.4. The number of hydrogen-bond donors (Lipinski definition) is 1. The number of amides is 3. The number of ether oxygens (including phenoxy) is 2. The molecule has 5 heterocycles. The molecule has 0 unspecified atom stereocenters. The molecule has 226 valence electrons. The highest BCUT2D eigenvalue weighted by atomic mass is 19.1. The molecular formula is C28H29F3N8O4. The van der Waals surface area contributed by atoms with Gasteiger partial charge in [-0.15, -0.1) is 0 Å². The number of hydrogen-bond acceptors (Lipinski definition) is 8. The minimum Gasteiger partial charge on any atom is -0.483 e. The van der Waals surface area contributed by atoms with Gasteiger partial charge in [0.15, 0.2) is 11.6 Å². The molecule has 12 nitrogen and oxygen atoms in total. The lowest BCUT2D eigenvalue weighted by molar-refractivity contribution is -0.133. The summed E-state index contributed by atoms with van der Waals surface area (Å²) in [5.41, 5.74) is 1.77. The summed E-state index contributed by atoms with van der Waals surface area (Å²) >= 11 is 0. The number of morpholine rings is 1. The van der Waals surface area contributed by atoms with Crippen molar-refractivity contribution >= 4 is 23.8 Å². The molecule has 2 saturated heterocycles. The van der Waals surface area contributed by atoms with Crippen molar-refractivity contribution in [3.8, 4) is 17.1 Å². The Labute approximate surface area is 244 Å². The Bertz CT molecular complexity index is 1530. The number of carbonyl (C=O) groups excluding carboxylic acids is 2. The first-order chi connectivity index (χ1) is 20.8. The number of aryl methyl sites for hydroxylation is 1. The maximum absolute atomic E-state index is 14.7. The van der Waals surface area contributed by atoms with E-state index in [1.807, 2.05) is 0 Å². The quantitative estimate of drug-likeness (QED) is 0.445. The Morgan fingerprint density at radius 3 is 2.53 bits per heavy atom. The third-order valence-electron chi connectivity index (χ3n) is 7.50. The normalized spacial score (nSPS) is 18.6. The number of nitrogens with zero attached hydrogens (tertiary/aromatic N) is 7. The van der Waals surface area contributed by atoms with Gasteiger partial charge in [-0.25, -0.2) is 23.0 Å². The fourth-order valence-corrected chi connectivity index (χ4v) is 5.24. The molecule has 2 aromatic heterocycles.